The Morgan fingerprint density at radius 2 is 1.61 bits per heavy atom. The highest BCUT2D eigenvalue weighted by Crippen LogP contribution is 2.35. The second kappa shape index (κ2) is 4.42. The van der Waals surface area contributed by atoms with Gasteiger partial charge in [-0.3, -0.25) is 4.79 Å². The summed E-state index contributed by atoms with van der Waals surface area (Å²) in [6, 6.07) is 11.3. The smallest absolute Gasteiger partial charge is 0.150 e. The van der Waals surface area contributed by atoms with Crippen LogP contribution in [0.2, 0.25) is 0 Å². The third-order valence-corrected chi connectivity index (χ3v) is 3.30. The van der Waals surface area contributed by atoms with E-state index in [1.165, 1.54) is 0 Å². The Labute approximate surface area is 113 Å². The number of fused-ring (bicyclic) bond motifs is 2. The molecule has 0 bridgehead atoms. The summed E-state index contributed by atoms with van der Waals surface area (Å²) in [5, 5.41) is 0. The van der Waals surface area contributed by atoms with E-state index in [9.17, 15) is 4.79 Å². The molecule has 88 valence electrons. The van der Waals surface area contributed by atoms with E-state index >= 15 is 0 Å². The van der Waals surface area contributed by atoms with Crippen molar-refractivity contribution in [2.75, 3.05) is 0 Å². The van der Waals surface area contributed by atoms with Crippen LogP contribution in [0.4, 0.5) is 0 Å². The van der Waals surface area contributed by atoms with Gasteiger partial charge in [0.15, 0.2) is 0 Å². The zero-order valence-corrected chi connectivity index (χ0v) is 11.0. The third-order valence-electron chi connectivity index (χ3n) is 2.80. The fourth-order valence-corrected chi connectivity index (χ4v) is 2.28. The lowest BCUT2D eigenvalue weighted by atomic mass is 10.1. The van der Waals surface area contributed by atoms with E-state index in [-0.39, 0.29) is 0 Å². The van der Waals surface area contributed by atoms with E-state index in [2.05, 4.69) is 15.9 Å². The lowest BCUT2D eigenvalue weighted by Gasteiger charge is -2.09. The average molecular weight is 301 g/mol. The summed E-state index contributed by atoms with van der Waals surface area (Å²) in [5.41, 5.74) is 2.56. The van der Waals surface area contributed by atoms with Gasteiger partial charge in [0.2, 0.25) is 0 Å². The van der Waals surface area contributed by atoms with Crippen molar-refractivity contribution < 1.29 is 9.53 Å². The SMILES string of the molecule is O=Cc1ccc2c(c1)C=Cc1cc(Br)ccc1O2. The fraction of sp³-hybridized carbons (Fsp3) is 0. The highest BCUT2D eigenvalue weighted by molar-refractivity contribution is 9.10. The van der Waals surface area contributed by atoms with Crippen LogP contribution in [-0.4, -0.2) is 6.29 Å². The number of carbonyl (C=O) groups excluding carboxylic acids is 1. The first-order chi connectivity index (χ1) is 8.76. The van der Waals surface area contributed by atoms with Gasteiger partial charge in [-0.25, -0.2) is 0 Å². The number of ether oxygens (including phenoxy) is 1. The van der Waals surface area contributed by atoms with Gasteiger partial charge in [-0.05, 0) is 36.4 Å². The van der Waals surface area contributed by atoms with Crippen LogP contribution >= 0.6 is 15.9 Å². The monoisotopic (exact) mass is 300 g/mol. The average Bonchev–Trinajstić information content (AvgIpc) is 2.57. The number of hydrogen-bond donors (Lipinski definition) is 0. The Morgan fingerprint density at radius 1 is 0.944 bits per heavy atom. The minimum atomic E-state index is 0.647. The molecule has 0 saturated carbocycles. The van der Waals surface area contributed by atoms with E-state index in [0.717, 1.165) is 33.4 Å². The summed E-state index contributed by atoms with van der Waals surface area (Å²) in [6.45, 7) is 0. The first-order valence-corrected chi connectivity index (χ1v) is 6.30. The largest absolute Gasteiger partial charge is 0.456 e. The van der Waals surface area contributed by atoms with Gasteiger partial charge in [0.1, 0.15) is 17.8 Å². The number of rotatable bonds is 1. The van der Waals surface area contributed by atoms with Crippen LogP contribution in [0.5, 0.6) is 11.5 Å². The molecule has 1 aliphatic rings. The Hall–Kier alpha value is -1.87. The van der Waals surface area contributed by atoms with Crippen LogP contribution in [0.1, 0.15) is 21.5 Å². The van der Waals surface area contributed by atoms with Gasteiger partial charge in [0, 0.05) is 21.2 Å². The molecule has 0 radical (unpaired) electrons. The molecule has 2 nitrogen and oxygen atoms in total. The van der Waals surface area contributed by atoms with E-state index < -0.39 is 0 Å². The Morgan fingerprint density at radius 3 is 2.33 bits per heavy atom. The number of carbonyl (C=O) groups is 1. The quantitative estimate of drug-likeness (QED) is 0.617. The van der Waals surface area contributed by atoms with Gasteiger partial charge in [0.25, 0.3) is 0 Å². The minimum absolute atomic E-state index is 0.647. The molecule has 0 spiro atoms. The van der Waals surface area contributed by atoms with E-state index in [0.29, 0.717) is 5.56 Å². The zero-order chi connectivity index (χ0) is 12.5. The first kappa shape index (κ1) is 11.2. The van der Waals surface area contributed by atoms with Gasteiger partial charge in [-0.15, -0.1) is 0 Å². The molecule has 3 rings (SSSR count). The summed E-state index contributed by atoms with van der Waals surface area (Å²) in [4.78, 5) is 10.8. The highest BCUT2D eigenvalue weighted by atomic mass is 79.9. The Balaban J connectivity index is 2.13. The van der Waals surface area contributed by atoms with Crippen molar-refractivity contribution in [3.63, 3.8) is 0 Å². The Kier molecular flexibility index (Phi) is 2.76. The molecular formula is C15H9BrO2. The summed E-state index contributed by atoms with van der Waals surface area (Å²) in [5.74, 6) is 1.57. The number of halogens is 1. The maximum Gasteiger partial charge on any atom is 0.150 e. The molecule has 1 heterocycles. The standard InChI is InChI=1S/C15H9BrO2/c16-13-4-6-15-12(8-13)3-2-11-7-10(9-17)1-5-14(11)18-15/h1-9H. The number of aldehydes is 1. The summed E-state index contributed by atoms with van der Waals surface area (Å²) in [6.07, 6.45) is 4.78. The number of hydrogen-bond acceptors (Lipinski definition) is 2. The van der Waals surface area contributed by atoms with Gasteiger partial charge in [-0.2, -0.15) is 0 Å². The van der Waals surface area contributed by atoms with Crippen molar-refractivity contribution in [1.82, 2.24) is 0 Å². The van der Waals surface area contributed by atoms with Crippen molar-refractivity contribution in [3.8, 4) is 11.5 Å². The second-order valence-corrected chi connectivity index (χ2v) is 4.95. The van der Waals surface area contributed by atoms with Crippen molar-refractivity contribution in [2.45, 2.75) is 0 Å². The minimum Gasteiger partial charge on any atom is -0.456 e. The molecule has 18 heavy (non-hydrogen) atoms. The maximum atomic E-state index is 10.8. The molecule has 0 fully saturated rings. The lowest BCUT2D eigenvalue weighted by molar-refractivity contribution is 0.112. The third kappa shape index (κ3) is 1.97. The lowest BCUT2D eigenvalue weighted by Crippen LogP contribution is -1.89. The van der Waals surface area contributed by atoms with Crippen LogP contribution in [0.15, 0.2) is 40.9 Å². The fourth-order valence-electron chi connectivity index (χ4n) is 1.90. The molecule has 0 atom stereocenters. The van der Waals surface area contributed by atoms with Gasteiger partial charge >= 0.3 is 0 Å². The zero-order valence-electron chi connectivity index (χ0n) is 9.39. The van der Waals surface area contributed by atoms with Crippen molar-refractivity contribution in [2.24, 2.45) is 0 Å². The summed E-state index contributed by atoms with van der Waals surface area (Å²) in [7, 11) is 0. The number of benzene rings is 2. The highest BCUT2D eigenvalue weighted by Gasteiger charge is 2.11. The van der Waals surface area contributed by atoms with E-state index in [1.54, 1.807) is 6.07 Å². The predicted octanol–water partition coefficient (Wildman–Crippen LogP) is 4.54. The van der Waals surface area contributed by atoms with Gasteiger partial charge in [0.05, 0.1) is 0 Å². The maximum absolute atomic E-state index is 10.8. The normalized spacial score (nSPS) is 12.1. The molecule has 0 unspecified atom stereocenters. The predicted molar refractivity (Wildman–Crippen MR) is 75.0 cm³/mol. The molecule has 0 N–H and O–H groups in total. The van der Waals surface area contributed by atoms with Crippen molar-refractivity contribution in [1.29, 1.82) is 0 Å². The van der Waals surface area contributed by atoms with Gasteiger partial charge in [-0.1, -0.05) is 28.1 Å². The van der Waals surface area contributed by atoms with E-state index in [4.69, 9.17) is 4.74 Å². The van der Waals surface area contributed by atoms with Crippen molar-refractivity contribution >= 4 is 34.4 Å². The van der Waals surface area contributed by atoms with Crippen LogP contribution in [0.3, 0.4) is 0 Å². The molecular weight excluding hydrogens is 292 g/mol. The molecule has 2 aromatic carbocycles. The molecule has 3 heteroatoms. The molecule has 0 aromatic heterocycles. The Bertz CT molecular complexity index is 660. The van der Waals surface area contributed by atoms with Crippen molar-refractivity contribution in [3.05, 3.63) is 57.6 Å². The van der Waals surface area contributed by atoms with Crippen LogP contribution in [0.25, 0.3) is 12.2 Å². The molecule has 2 aromatic rings. The molecule has 0 aliphatic carbocycles. The topological polar surface area (TPSA) is 26.3 Å². The molecule has 0 saturated heterocycles. The molecule has 0 amide bonds. The summed E-state index contributed by atoms with van der Waals surface area (Å²) >= 11 is 3.44. The first-order valence-electron chi connectivity index (χ1n) is 5.51. The summed E-state index contributed by atoms with van der Waals surface area (Å²) < 4.78 is 6.87. The van der Waals surface area contributed by atoms with E-state index in [1.807, 2.05) is 42.5 Å². The van der Waals surface area contributed by atoms with Gasteiger partial charge < -0.3 is 4.74 Å². The molecule has 1 aliphatic heterocycles. The van der Waals surface area contributed by atoms with Crippen LogP contribution < -0.4 is 4.74 Å². The van der Waals surface area contributed by atoms with Crippen LogP contribution in [-0.2, 0) is 0 Å². The second-order valence-electron chi connectivity index (χ2n) is 4.03. The van der Waals surface area contributed by atoms with Crippen LogP contribution in [0, 0.1) is 0 Å².